The smallest absolute Gasteiger partial charge is 0.0765 e. The Morgan fingerprint density at radius 1 is 0.305 bits per heavy atom. The van der Waals surface area contributed by atoms with Gasteiger partial charge in [0, 0.05) is 53.5 Å². The zero-order valence-corrected chi connectivity index (χ0v) is 32.6. The third-order valence-electron chi connectivity index (χ3n) is 13.3. The number of rotatable bonds is 2. The summed E-state index contributed by atoms with van der Waals surface area (Å²) in [7, 11) is 0. The molecule has 2 aliphatic heterocycles. The van der Waals surface area contributed by atoms with E-state index < -0.39 is 5.41 Å². The Hall–Kier alpha value is -7.27. The Balaban J connectivity index is 1.07. The van der Waals surface area contributed by atoms with Gasteiger partial charge in [0.05, 0.1) is 44.2 Å². The van der Waals surface area contributed by atoms with Crippen LogP contribution in [0.4, 0.5) is 0 Å². The fourth-order valence-corrected chi connectivity index (χ4v) is 12.2. The van der Waals surface area contributed by atoms with E-state index in [-0.39, 0.29) is 0 Å². The van der Waals surface area contributed by atoms with E-state index in [0.29, 0.717) is 0 Å². The van der Waals surface area contributed by atoms with Gasteiger partial charge in [-0.2, -0.15) is 0 Å². The van der Waals surface area contributed by atoms with Crippen molar-refractivity contribution in [2.45, 2.75) is 15.2 Å². The molecule has 1 spiro atoms. The van der Waals surface area contributed by atoms with E-state index in [1.807, 2.05) is 11.8 Å². The molecule has 0 fully saturated rings. The van der Waals surface area contributed by atoms with E-state index >= 15 is 0 Å². The second-order valence-corrected chi connectivity index (χ2v) is 17.1. The monoisotopic (exact) mass is 767 g/mol. The number of fused-ring (bicyclic) bond motifs is 17. The van der Waals surface area contributed by atoms with Gasteiger partial charge in [0.25, 0.3) is 0 Å². The molecule has 1 unspecified atom stereocenters. The molecule has 1 atom stereocenters. The molecule has 0 saturated carbocycles. The number of hydrogen-bond donors (Lipinski definition) is 0. The third-order valence-corrected chi connectivity index (χ3v) is 14.4. The van der Waals surface area contributed by atoms with Gasteiger partial charge in [0.15, 0.2) is 0 Å². The van der Waals surface area contributed by atoms with Crippen LogP contribution in [0.15, 0.2) is 210 Å². The topological polar surface area (TPSA) is 14.8 Å². The average Bonchev–Trinajstić information content (AvgIpc) is 3.93. The van der Waals surface area contributed by atoms with E-state index in [1.54, 1.807) is 0 Å². The number of aromatic nitrogens is 3. The fraction of sp³-hybridized carbons (Fsp3) is 0.0182. The lowest BCUT2D eigenvalue weighted by molar-refractivity contribution is 0.690. The Labute approximate surface area is 344 Å². The molecule has 14 rings (SSSR count). The fourth-order valence-electron chi connectivity index (χ4n) is 11.0. The molecule has 0 radical (unpaired) electrons. The van der Waals surface area contributed by atoms with Crippen LogP contribution in [-0.2, 0) is 5.41 Å². The normalized spacial score (nSPS) is 15.5. The Morgan fingerprint density at radius 2 is 0.780 bits per heavy atom. The molecule has 9 aromatic carbocycles. The van der Waals surface area contributed by atoms with Crippen molar-refractivity contribution < 1.29 is 0 Å². The van der Waals surface area contributed by atoms with Crippen LogP contribution in [0, 0.1) is 0 Å². The highest BCUT2D eigenvalue weighted by molar-refractivity contribution is 7.99. The molecule has 4 heteroatoms. The zero-order valence-electron chi connectivity index (χ0n) is 31.8. The second kappa shape index (κ2) is 11.4. The van der Waals surface area contributed by atoms with E-state index in [9.17, 15) is 0 Å². The molecule has 2 aliphatic rings. The summed E-state index contributed by atoms with van der Waals surface area (Å²) in [6.45, 7) is 0. The van der Waals surface area contributed by atoms with Gasteiger partial charge >= 0.3 is 0 Å². The molecular formula is C55H33N3S. The van der Waals surface area contributed by atoms with Crippen LogP contribution >= 0.6 is 11.8 Å². The van der Waals surface area contributed by atoms with Crippen molar-refractivity contribution in [2.75, 3.05) is 0 Å². The minimum Gasteiger partial charge on any atom is -0.309 e. The van der Waals surface area contributed by atoms with Crippen LogP contribution in [0.1, 0.15) is 22.3 Å². The minimum absolute atomic E-state index is 0.548. The van der Waals surface area contributed by atoms with Gasteiger partial charge in [-0.1, -0.05) is 139 Å². The highest BCUT2D eigenvalue weighted by Crippen LogP contribution is 2.61. The molecular weight excluding hydrogens is 735 g/mol. The number of hydrogen-bond acceptors (Lipinski definition) is 1. The highest BCUT2D eigenvalue weighted by Gasteiger charge is 2.49. The maximum Gasteiger partial charge on any atom is 0.0765 e. The van der Waals surface area contributed by atoms with Crippen molar-refractivity contribution in [3.8, 4) is 17.1 Å². The van der Waals surface area contributed by atoms with Gasteiger partial charge in [-0.05, 0) is 95.1 Å². The van der Waals surface area contributed by atoms with Gasteiger partial charge in [-0.15, -0.1) is 0 Å². The maximum atomic E-state index is 2.54. The maximum absolute atomic E-state index is 2.54. The molecule has 0 amide bonds. The van der Waals surface area contributed by atoms with Crippen molar-refractivity contribution in [1.29, 1.82) is 0 Å². The van der Waals surface area contributed by atoms with Crippen LogP contribution in [0.2, 0.25) is 0 Å². The summed E-state index contributed by atoms with van der Waals surface area (Å²) in [4.78, 5) is 2.61. The van der Waals surface area contributed by atoms with Gasteiger partial charge in [0.2, 0.25) is 0 Å². The first kappa shape index (κ1) is 31.8. The molecule has 5 heterocycles. The number of para-hydroxylation sites is 6. The second-order valence-electron chi connectivity index (χ2n) is 16.0. The summed E-state index contributed by atoms with van der Waals surface area (Å²) in [5.41, 5.74) is 15.7. The highest BCUT2D eigenvalue weighted by atomic mass is 32.2. The first-order valence-corrected chi connectivity index (χ1v) is 21.2. The van der Waals surface area contributed by atoms with Crippen LogP contribution in [0.3, 0.4) is 0 Å². The van der Waals surface area contributed by atoms with Crippen molar-refractivity contribution >= 4 is 77.2 Å². The SMILES string of the molecule is c1ccc2c(c1)Sc1cc3c4ccccc4n(-c4ccc(-n5c6ccccc6c6ccccc65)cc4)c3cc1C21c2ccccc2-n2c3ccccc3c3cccc1c32. The molecule has 12 aromatic rings. The summed E-state index contributed by atoms with van der Waals surface area (Å²) in [6, 6.07) is 74.8. The zero-order chi connectivity index (χ0) is 38.4. The molecule has 0 bridgehead atoms. The quantitative estimate of drug-likeness (QED) is 0.171. The number of benzene rings is 9. The van der Waals surface area contributed by atoms with Gasteiger partial charge < -0.3 is 13.7 Å². The van der Waals surface area contributed by atoms with E-state index in [4.69, 9.17) is 0 Å². The third kappa shape index (κ3) is 3.95. The largest absolute Gasteiger partial charge is 0.309 e. The first-order valence-electron chi connectivity index (χ1n) is 20.4. The summed E-state index contributed by atoms with van der Waals surface area (Å²) < 4.78 is 7.42. The molecule has 274 valence electrons. The minimum atomic E-state index is -0.548. The predicted octanol–water partition coefficient (Wildman–Crippen LogP) is 14.1. The van der Waals surface area contributed by atoms with Gasteiger partial charge in [-0.3, -0.25) is 0 Å². The molecule has 0 N–H and O–H groups in total. The van der Waals surface area contributed by atoms with Gasteiger partial charge in [-0.25, -0.2) is 0 Å². The van der Waals surface area contributed by atoms with Crippen molar-refractivity contribution in [3.05, 3.63) is 222 Å². The van der Waals surface area contributed by atoms with Crippen LogP contribution in [0.5, 0.6) is 0 Å². The number of nitrogens with zero attached hydrogens (tertiary/aromatic N) is 3. The van der Waals surface area contributed by atoms with Crippen molar-refractivity contribution in [1.82, 2.24) is 13.7 Å². The lowest BCUT2D eigenvalue weighted by Crippen LogP contribution is -2.37. The van der Waals surface area contributed by atoms with E-state index in [0.717, 1.165) is 11.4 Å². The lowest BCUT2D eigenvalue weighted by atomic mass is 9.62. The summed E-state index contributed by atoms with van der Waals surface area (Å²) in [5.74, 6) is 0. The molecule has 3 aromatic heterocycles. The summed E-state index contributed by atoms with van der Waals surface area (Å²) in [6.07, 6.45) is 0. The Kier molecular flexibility index (Phi) is 6.16. The Bertz CT molecular complexity index is 3710. The molecule has 0 saturated heterocycles. The van der Waals surface area contributed by atoms with E-state index in [1.165, 1.54) is 103 Å². The lowest BCUT2D eigenvalue weighted by Gasteiger charge is -2.45. The standard InChI is InChI=1S/C55H33N3S/c1-7-22-46-36(14-1)37-15-2-8-23-47(37)56(46)34-28-30-35(31-29-34)57-48-24-9-4-17-39(48)41-32-53-45(33-51(41)57)55(43-20-6-12-27-52(43)59-53)42-19-5-11-26-50(42)58-49-25-10-3-16-38(49)40-18-13-21-44(55)54(40)58/h1-33H. The van der Waals surface area contributed by atoms with Crippen LogP contribution < -0.4 is 0 Å². The molecule has 0 aliphatic carbocycles. The predicted molar refractivity (Wildman–Crippen MR) is 245 cm³/mol. The Morgan fingerprint density at radius 3 is 1.44 bits per heavy atom. The molecule has 3 nitrogen and oxygen atoms in total. The first-order chi connectivity index (χ1) is 29.3. The summed E-state index contributed by atoms with van der Waals surface area (Å²) >= 11 is 1.91. The van der Waals surface area contributed by atoms with Crippen LogP contribution in [-0.4, -0.2) is 13.7 Å². The van der Waals surface area contributed by atoms with Crippen LogP contribution in [0.25, 0.3) is 82.5 Å². The van der Waals surface area contributed by atoms with Crippen molar-refractivity contribution in [3.63, 3.8) is 0 Å². The van der Waals surface area contributed by atoms with Crippen molar-refractivity contribution in [2.24, 2.45) is 0 Å². The average molecular weight is 768 g/mol. The molecule has 59 heavy (non-hydrogen) atoms. The van der Waals surface area contributed by atoms with Gasteiger partial charge in [0.1, 0.15) is 0 Å². The van der Waals surface area contributed by atoms with E-state index in [2.05, 4.69) is 214 Å². The summed E-state index contributed by atoms with van der Waals surface area (Å²) in [5, 5.41) is 7.65.